The maximum atomic E-state index is 13.4. The molecule has 0 atom stereocenters. The Bertz CT molecular complexity index is 1430. The average molecular weight is 508 g/mol. The quantitative estimate of drug-likeness (QED) is 0.305. The highest BCUT2D eigenvalue weighted by molar-refractivity contribution is 6.10. The predicted octanol–water partition coefficient (Wildman–Crippen LogP) is 7.01. The summed E-state index contributed by atoms with van der Waals surface area (Å²) < 4.78 is 13.4. The van der Waals surface area contributed by atoms with Crippen molar-refractivity contribution in [2.24, 2.45) is 0 Å². The number of para-hydroxylation sites is 2. The third-order valence-electron chi connectivity index (χ3n) is 6.96. The van der Waals surface area contributed by atoms with Crippen LogP contribution in [-0.2, 0) is 0 Å². The molecule has 192 valence electrons. The molecular weight excluding hydrogens is 477 g/mol. The third-order valence-corrected chi connectivity index (χ3v) is 6.96. The van der Waals surface area contributed by atoms with E-state index in [4.69, 9.17) is 0 Å². The number of carbonyl (C=O) groups excluding carboxylic acids is 2. The van der Waals surface area contributed by atoms with Gasteiger partial charge in [0.1, 0.15) is 5.82 Å². The third kappa shape index (κ3) is 5.44. The van der Waals surface area contributed by atoms with E-state index in [1.165, 1.54) is 18.6 Å². The molecule has 2 amide bonds. The van der Waals surface area contributed by atoms with Crippen molar-refractivity contribution >= 4 is 28.9 Å². The molecule has 0 unspecified atom stereocenters. The molecule has 0 aromatic heterocycles. The number of carbonyl (C=O) groups is 2. The van der Waals surface area contributed by atoms with E-state index in [0.717, 1.165) is 42.9 Å². The van der Waals surface area contributed by atoms with Crippen LogP contribution in [0.2, 0.25) is 0 Å². The Hall–Kier alpha value is -4.45. The molecule has 1 saturated heterocycles. The van der Waals surface area contributed by atoms with Gasteiger partial charge in [-0.05, 0) is 85.0 Å². The Morgan fingerprint density at radius 2 is 1.45 bits per heavy atom. The number of halogens is 1. The summed E-state index contributed by atoms with van der Waals surface area (Å²) >= 11 is 0. The Morgan fingerprint density at radius 1 is 0.789 bits per heavy atom. The first-order valence-electron chi connectivity index (χ1n) is 12.9. The molecule has 38 heavy (non-hydrogen) atoms. The maximum Gasteiger partial charge on any atom is 0.258 e. The minimum Gasteiger partial charge on any atom is -0.370 e. The summed E-state index contributed by atoms with van der Waals surface area (Å²) in [5.41, 5.74) is 5.02. The van der Waals surface area contributed by atoms with Crippen molar-refractivity contribution in [3.63, 3.8) is 0 Å². The lowest BCUT2D eigenvalue weighted by molar-refractivity contribution is 0.0991. The van der Waals surface area contributed by atoms with Crippen molar-refractivity contribution in [2.45, 2.75) is 19.3 Å². The topological polar surface area (TPSA) is 52.7 Å². The molecule has 1 N–H and O–H groups in total. The first-order valence-corrected chi connectivity index (χ1v) is 12.9. The number of anilines is 3. The number of nitrogens with zero attached hydrogens (tertiary/aromatic N) is 2. The number of piperidine rings is 1. The minimum atomic E-state index is -0.328. The van der Waals surface area contributed by atoms with E-state index in [1.54, 1.807) is 60.5 Å². The molecule has 0 spiro atoms. The molecule has 0 radical (unpaired) electrons. The van der Waals surface area contributed by atoms with Crippen LogP contribution in [-0.4, -0.2) is 32.0 Å². The normalized spacial score (nSPS) is 13.2. The van der Waals surface area contributed by atoms with Crippen LogP contribution in [0.4, 0.5) is 21.5 Å². The lowest BCUT2D eigenvalue weighted by Gasteiger charge is -2.32. The largest absolute Gasteiger partial charge is 0.370 e. The van der Waals surface area contributed by atoms with Gasteiger partial charge < -0.3 is 15.1 Å². The van der Waals surface area contributed by atoms with Gasteiger partial charge in [0.15, 0.2) is 0 Å². The summed E-state index contributed by atoms with van der Waals surface area (Å²) in [5.74, 6) is -0.725. The molecular formula is C32H30FN3O2. The van der Waals surface area contributed by atoms with E-state index in [2.05, 4.69) is 16.3 Å². The molecule has 0 bridgehead atoms. The number of hydrogen-bond acceptors (Lipinski definition) is 3. The van der Waals surface area contributed by atoms with Crippen molar-refractivity contribution in [1.29, 1.82) is 0 Å². The predicted molar refractivity (Wildman–Crippen MR) is 151 cm³/mol. The second-order valence-electron chi connectivity index (χ2n) is 9.48. The van der Waals surface area contributed by atoms with Crippen molar-refractivity contribution in [1.82, 2.24) is 0 Å². The Morgan fingerprint density at radius 3 is 2.18 bits per heavy atom. The second kappa shape index (κ2) is 11.3. The highest BCUT2D eigenvalue weighted by atomic mass is 19.1. The van der Waals surface area contributed by atoms with Gasteiger partial charge in [-0.25, -0.2) is 4.39 Å². The monoisotopic (exact) mass is 507 g/mol. The summed E-state index contributed by atoms with van der Waals surface area (Å²) in [4.78, 5) is 30.5. The smallest absolute Gasteiger partial charge is 0.258 e. The Kier molecular flexibility index (Phi) is 7.50. The number of rotatable bonds is 6. The van der Waals surface area contributed by atoms with Crippen molar-refractivity contribution in [2.75, 3.05) is 35.3 Å². The van der Waals surface area contributed by atoms with E-state index in [9.17, 15) is 14.0 Å². The Labute approximate surface area is 222 Å². The molecule has 5 nitrogen and oxygen atoms in total. The first kappa shape index (κ1) is 25.2. The van der Waals surface area contributed by atoms with Crippen molar-refractivity contribution < 1.29 is 14.0 Å². The van der Waals surface area contributed by atoms with E-state index in [1.807, 2.05) is 30.3 Å². The van der Waals surface area contributed by atoms with Crippen LogP contribution >= 0.6 is 0 Å². The van der Waals surface area contributed by atoms with Crippen LogP contribution in [0.25, 0.3) is 11.1 Å². The van der Waals surface area contributed by atoms with Gasteiger partial charge in [0.25, 0.3) is 11.8 Å². The molecule has 0 saturated carbocycles. The molecule has 1 aliphatic rings. The van der Waals surface area contributed by atoms with Gasteiger partial charge in [0.2, 0.25) is 0 Å². The lowest BCUT2D eigenvalue weighted by atomic mass is 9.99. The molecule has 5 rings (SSSR count). The molecule has 4 aromatic carbocycles. The highest BCUT2D eigenvalue weighted by Gasteiger charge is 2.21. The minimum absolute atomic E-state index is 0.117. The zero-order valence-corrected chi connectivity index (χ0v) is 21.4. The zero-order chi connectivity index (χ0) is 26.5. The first-order chi connectivity index (χ1) is 18.5. The molecule has 1 fully saturated rings. The van der Waals surface area contributed by atoms with Gasteiger partial charge in [-0.2, -0.15) is 0 Å². The van der Waals surface area contributed by atoms with Crippen LogP contribution in [0.3, 0.4) is 0 Å². The van der Waals surface area contributed by atoms with Crippen LogP contribution in [0.5, 0.6) is 0 Å². The number of nitrogens with one attached hydrogen (secondary N) is 1. The fraction of sp³-hybridized carbons (Fsp3) is 0.188. The van der Waals surface area contributed by atoms with E-state index < -0.39 is 0 Å². The summed E-state index contributed by atoms with van der Waals surface area (Å²) in [6, 6.07) is 28.2. The fourth-order valence-corrected chi connectivity index (χ4v) is 4.91. The molecule has 1 aliphatic heterocycles. The van der Waals surface area contributed by atoms with Crippen LogP contribution in [0.15, 0.2) is 97.1 Å². The van der Waals surface area contributed by atoms with Crippen LogP contribution in [0.1, 0.15) is 40.0 Å². The summed E-state index contributed by atoms with van der Waals surface area (Å²) in [5, 5.41) is 2.91. The van der Waals surface area contributed by atoms with E-state index in [-0.39, 0.29) is 17.6 Å². The van der Waals surface area contributed by atoms with E-state index >= 15 is 0 Å². The number of amides is 2. The number of benzene rings is 4. The fourth-order valence-electron chi connectivity index (χ4n) is 4.91. The van der Waals surface area contributed by atoms with E-state index in [0.29, 0.717) is 22.4 Å². The lowest BCUT2D eigenvalue weighted by Crippen LogP contribution is -2.33. The van der Waals surface area contributed by atoms with Crippen molar-refractivity contribution in [3.05, 3.63) is 114 Å². The molecule has 4 aromatic rings. The van der Waals surface area contributed by atoms with Crippen LogP contribution in [0, 0.1) is 5.82 Å². The van der Waals surface area contributed by atoms with Crippen LogP contribution < -0.4 is 15.1 Å². The van der Waals surface area contributed by atoms with Gasteiger partial charge >= 0.3 is 0 Å². The van der Waals surface area contributed by atoms with Crippen molar-refractivity contribution in [3.8, 4) is 11.1 Å². The van der Waals surface area contributed by atoms with Gasteiger partial charge in [0.05, 0.1) is 11.4 Å². The second-order valence-corrected chi connectivity index (χ2v) is 9.48. The highest BCUT2D eigenvalue weighted by Crippen LogP contribution is 2.32. The summed E-state index contributed by atoms with van der Waals surface area (Å²) in [6.07, 6.45) is 3.56. The van der Waals surface area contributed by atoms with Gasteiger partial charge in [0, 0.05) is 37.0 Å². The summed E-state index contributed by atoms with van der Waals surface area (Å²) in [7, 11) is 1.80. The molecule has 1 heterocycles. The summed E-state index contributed by atoms with van der Waals surface area (Å²) in [6.45, 7) is 2.00. The zero-order valence-electron chi connectivity index (χ0n) is 21.4. The van der Waals surface area contributed by atoms with Gasteiger partial charge in [-0.15, -0.1) is 0 Å². The standard InChI is InChI=1S/C32H30FN3O2/c1-35(29-11-5-6-12-30(29)36-21-7-2-8-22-36)32(38)24-15-19-26(20-16-24)34-31(37)28-10-4-3-9-27(28)23-13-17-25(33)18-14-23/h3-6,9-20H,2,7-8,21-22H2,1H3,(H,34,37). The van der Waals surface area contributed by atoms with Gasteiger partial charge in [-0.1, -0.05) is 42.5 Å². The average Bonchev–Trinajstić information content (AvgIpc) is 2.97. The maximum absolute atomic E-state index is 13.4. The molecule has 6 heteroatoms. The van der Waals surface area contributed by atoms with Gasteiger partial charge in [-0.3, -0.25) is 9.59 Å². The SMILES string of the molecule is CN(C(=O)c1ccc(NC(=O)c2ccccc2-c2ccc(F)cc2)cc1)c1ccccc1N1CCCCC1. The molecule has 0 aliphatic carbocycles. The Balaban J connectivity index is 1.31. The number of hydrogen-bond donors (Lipinski definition) is 1.